The third-order valence-corrected chi connectivity index (χ3v) is 3.17. The van der Waals surface area contributed by atoms with Gasteiger partial charge in [0.05, 0.1) is 0 Å². The van der Waals surface area contributed by atoms with Crippen LogP contribution in [0.5, 0.6) is 0 Å². The topological polar surface area (TPSA) is 50.1 Å². The molecule has 1 aliphatic rings. The molecule has 0 spiro atoms. The van der Waals surface area contributed by atoms with Crippen molar-refractivity contribution in [1.82, 2.24) is 10.6 Å². The standard InChI is InChI=1S/C12H27N3/c1-11(14-9-5-7-13)10-12-6-3-2-4-8-15-12/h11-12,14-15H,2-10,13H2,1H3. The molecule has 0 radical (unpaired) electrons. The number of rotatable bonds is 6. The zero-order valence-corrected chi connectivity index (χ0v) is 10.1. The highest BCUT2D eigenvalue weighted by Crippen LogP contribution is 2.12. The fourth-order valence-electron chi connectivity index (χ4n) is 2.26. The van der Waals surface area contributed by atoms with Crippen molar-refractivity contribution in [3.05, 3.63) is 0 Å². The first-order valence-electron chi connectivity index (χ1n) is 6.49. The molecule has 1 heterocycles. The largest absolute Gasteiger partial charge is 0.330 e. The fourth-order valence-corrected chi connectivity index (χ4v) is 2.26. The lowest BCUT2D eigenvalue weighted by Crippen LogP contribution is -2.37. The lowest BCUT2D eigenvalue weighted by atomic mass is 10.0. The van der Waals surface area contributed by atoms with Crippen molar-refractivity contribution in [3.8, 4) is 0 Å². The van der Waals surface area contributed by atoms with Crippen molar-refractivity contribution in [2.75, 3.05) is 19.6 Å². The fraction of sp³-hybridized carbons (Fsp3) is 1.00. The number of nitrogens with two attached hydrogens (primary N) is 1. The van der Waals surface area contributed by atoms with Crippen LogP contribution in [0.15, 0.2) is 0 Å². The second kappa shape index (κ2) is 8.08. The molecule has 90 valence electrons. The summed E-state index contributed by atoms with van der Waals surface area (Å²) in [6, 6.07) is 1.35. The Hall–Kier alpha value is -0.120. The molecule has 1 aliphatic heterocycles. The SMILES string of the molecule is CC(CC1CCCCCN1)NCCCN. The summed E-state index contributed by atoms with van der Waals surface area (Å²) in [6.45, 7) is 5.34. The van der Waals surface area contributed by atoms with E-state index in [0.717, 1.165) is 25.6 Å². The number of hydrogen-bond donors (Lipinski definition) is 3. The van der Waals surface area contributed by atoms with Crippen LogP contribution in [-0.2, 0) is 0 Å². The second-order valence-electron chi connectivity index (χ2n) is 4.73. The molecule has 1 saturated heterocycles. The summed E-state index contributed by atoms with van der Waals surface area (Å²) >= 11 is 0. The molecule has 3 heteroatoms. The Kier molecular flexibility index (Phi) is 6.98. The zero-order valence-electron chi connectivity index (χ0n) is 10.1. The van der Waals surface area contributed by atoms with E-state index in [4.69, 9.17) is 5.73 Å². The van der Waals surface area contributed by atoms with Crippen LogP contribution in [0.1, 0.15) is 45.4 Å². The molecule has 0 amide bonds. The van der Waals surface area contributed by atoms with E-state index in [-0.39, 0.29) is 0 Å². The van der Waals surface area contributed by atoms with Crippen molar-refractivity contribution in [2.24, 2.45) is 5.73 Å². The van der Waals surface area contributed by atoms with Crippen LogP contribution >= 0.6 is 0 Å². The summed E-state index contributed by atoms with van der Waals surface area (Å²) in [4.78, 5) is 0. The van der Waals surface area contributed by atoms with E-state index in [2.05, 4.69) is 17.6 Å². The van der Waals surface area contributed by atoms with Crippen molar-refractivity contribution in [3.63, 3.8) is 0 Å². The molecule has 0 aromatic carbocycles. The Bertz CT molecular complexity index is 142. The molecule has 2 unspecified atom stereocenters. The van der Waals surface area contributed by atoms with Gasteiger partial charge in [-0.05, 0) is 52.2 Å². The zero-order chi connectivity index (χ0) is 10.9. The van der Waals surface area contributed by atoms with Crippen molar-refractivity contribution < 1.29 is 0 Å². The molecular weight excluding hydrogens is 186 g/mol. The van der Waals surface area contributed by atoms with Crippen molar-refractivity contribution in [2.45, 2.75) is 57.5 Å². The van der Waals surface area contributed by atoms with Crippen LogP contribution in [0.2, 0.25) is 0 Å². The van der Waals surface area contributed by atoms with Crippen molar-refractivity contribution in [1.29, 1.82) is 0 Å². The molecule has 0 aromatic heterocycles. The van der Waals surface area contributed by atoms with Gasteiger partial charge in [-0.15, -0.1) is 0 Å². The summed E-state index contributed by atoms with van der Waals surface area (Å²) in [5.74, 6) is 0. The average molecular weight is 213 g/mol. The number of nitrogens with one attached hydrogen (secondary N) is 2. The minimum Gasteiger partial charge on any atom is -0.330 e. The summed E-state index contributed by atoms with van der Waals surface area (Å²) in [5, 5.41) is 7.17. The van der Waals surface area contributed by atoms with Gasteiger partial charge in [-0.3, -0.25) is 0 Å². The van der Waals surface area contributed by atoms with Crippen LogP contribution in [0.4, 0.5) is 0 Å². The maximum absolute atomic E-state index is 5.47. The van der Waals surface area contributed by atoms with Crippen LogP contribution in [0.25, 0.3) is 0 Å². The summed E-state index contributed by atoms with van der Waals surface area (Å²) in [5.41, 5.74) is 5.47. The Morgan fingerprint density at radius 3 is 3.07 bits per heavy atom. The van der Waals surface area contributed by atoms with Gasteiger partial charge in [0.2, 0.25) is 0 Å². The molecule has 0 bridgehead atoms. The maximum Gasteiger partial charge on any atom is 0.00817 e. The minimum absolute atomic E-state index is 0.618. The van der Waals surface area contributed by atoms with Gasteiger partial charge < -0.3 is 16.4 Å². The first kappa shape index (κ1) is 12.9. The molecule has 15 heavy (non-hydrogen) atoms. The third-order valence-electron chi connectivity index (χ3n) is 3.17. The van der Waals surface area contributed by atoms with Gasteiger partial charge in [0.1, 0.15) is 0 Å². The van der Waals surface area contributed by atoms with E-state index in [0.29, 0.717) is 6.04 Å². The highest BCUT2D eigenvalue weighted by atomic mass is 14.9. The Balaban J connectivity index is 2.09. The van der Waals surface area contributed by atoms with Gasteiger partial charge in [-0.1, -0.05) is 12.8 Å². The molecule has 1 rings (SSSR count). The molecule has 0 aliphatic carbocycles. The van der Waals surface area contributed by atoms with Gasteiger partial charge in [0, 0.05) is 12.1 Å². The molecule has 0 saturated carbocycles. The first-order chi connectivity index (χ1) is 7.33. The predicted molar refractivity (Wildman–Crippen MR) is 66.0 cm³/mol. The van der Waals surface area contributed by atoms with Crippen LogP contribution in [-0.4, -0.2) is 31.7 Å². The molecule has 2 atom stereocenters. The molecule has 1 fully saturated rings. The molecular formula is C12H27N3. The predicted octanol–water partition coefficient (Wildman–Crippen LogP) is 1.24. The smallest absolute Gasteiger partial charge is 0.00817 e. The van der Waals surface area contributed by atoms with E-state index >= 15 is 0 Å². The molecule has 3 nitrogen and oxygen atoms in total. The third kappa shape index (κ3) is 6.13. The maximum atomic E-state index is 5.47. The van der Waals surface area contributed by atoms with Crippen molar-refractivity contribution >= 4 is 0 Å². The summed E-state index contributed by atoms with van der Waals surface area (Å²) < 4.78 is 0. The summed E-state index contributed by atoms with van der Waals surface area (Å²) in [6.07, 6.45) is 7.84. The van der Waals surface area contributed by atoms with Gasteiger partial charge in [0.25, 0.3) is 0 Å². The Labute approximate surface area is 94.2 Å². The van der Waals surface area contributed by atoms with Crippen LogP contribution < -0.4 is 16.4 Å². The van der Waals surface area contributed by atoms with Gasteiger partial charge in [-0.2, -0.15) is 0 Å². The highest BCUT2D eigenvalue weighted by Gasteiger charge is 2.14. The number of hydrogen-bond acceptors (Lipinski definition) is 3. The minimum atomic E-state index is 0.618. The van der Waals surface area contributed by atoms with E-state index < -0.39 is 0 Å². The molecule has 0 aromatic rings. The second-order valence-corrected chi connectivity index (χ2v) is 4.73. The average Bonchev–Trinajstić information content (AvgIpc) is 2.47. The Morgan fingerprint density at radius 1 is 1.40 bits per heavy atom. The van der Waals surface area contributed by atoms with E-state index in [1.807, 2.05) is 0 Å². The van der Waals surface area contributed by atoms with Gasteiger partial charge in [-0.25, -0.2) is 0 Å². The van der Waals surface area contributed by atoms with Gasteiger partial charge in [0.15, 0.2) is 0 Å². The lowest BCUT2D eigenvalue weighted by Gasteiger charge is -2.21. The highest BCUT2D eigenvalue weighted by molar-refractivity contribution is 4.75. The summed E-state index contributed by atoms with van der Waals surface area (Å²) in [7, 11) is 0. The first-order valence-corrected chi connectivity index (χ1v) is 6.49. The van der Waals surface area contributed by atoms with E-state index in [1.54, 1.807) is 0 Å². The monoisotopic (exact) mass is 213 g/mol. The Morgan fingerprint density at radius 2 is 2.27 bits per heavy atom. The quantitative estimate of drug-likeness (QED) is 0.582. The lowest BCUT2D eigenvalue weighted by molar-refractivity contribution is 0.402. The normalized spacial score (nSPS) is 24.8. The van der Waals surface area contributed by atoms with Crippen LogP contribution in [0.3, 0.4) is 0 Å². The van der Waals surface area contributed by atoms with Crippen LogP contribution in [0, 0.1) is 0 Å². The molecule has 4 N–H and O–H groups in total. The van der Waals surface area contributed by atoms with E-state index in [9.17, 15) is 0 Å². The van der Waals surface area contributed by atoms with E-state index in [1.165, 1.54) is 38.6 Å². The van der Waals surface area contributed by atoms with Gasteiger partial charge >= 0.3 is 0 Å².